The summed E-state index contributed by atoms with van der Waals surface area (Å²) in [6.45, 7) is 3.42. The molecule has 0 amide bonds. The highest BCUT2D eigenvalue weighted by atomic mass is 16.3. The van der Waals surface area contributed by atoms with Crippen LogP contribution in [0.4, 0.5) is 0 Å². The Balaban J connectivity index is 2.07. The highest BCUT2D eigenvalue weighted by Gasteiger charge is 2.04. The van der Waals surface area contributed by atoms with Crippen molar-refractivity contribution in [2.75, 3.05) is 13.2 Å². The molecule has 1 unspecified atom stereocenters. The Hall–Kier alpha value is -0.800. The smallest absolute Gasteiger partial charge is 0.0950 e. The Morgan fingerprint density at radius 1 is 1.43 bits per heavy atom. The standard InChI is InChI=1S/C11H19NO2/c1-10(11-5-8-14-9-11)12-6-3-2-4-7-13/h5,8-10,12-13H,2-4,6-7H2,1H3. The summed E-state index contributed by atoms with van der Waals surface area (Å²) in [6.07, 6.45) is 6.57. The van der Waals surface area contributed by atoms with E-state index in [9.17, 15) is 0 Å². The van der Waals surface area contributed by atoms with Crippen molar-refractivity contribution in [2.24, 2.45) is 0 Å². The van der Waals surface area contributed by atoms with Crippen LogP contribution in [0.5, 0.6) is 0 Å². The van der Waals surface area contributed by atoms with Gasteiger partial charge in [-0.3, -0.25) is 0 Å². The van der Waals surface area contributed by atoms with Crippen LogP contribution in [-0.4, -0.2) is 18.3 Å². The molecule has 1 aromatic rings. The molecule has 0 aromatic carbocycles. The molecule has 3 heteroatoms. The summed E-state index contributed by atoms with van der Waals surface area (Å²) >= 11 is 0. The second-order valence-corrected chi connectivity index (χ2v) is 3.52. The van der Waals surface area contributed by atoms with E-state index in [-0.39, 0.29) is 0 Å². The molecule has 80 valence electrons. The third-order valence-electron chi connectivity index (χ3n) is 2.33. The summed E-state index contributed by atoms with van der Waals surface area (Å²) in [5.41, 5.74) is 1.19. The molecule has 0 radical (unpaired) electrons. The average Bonchev–Trinajstić information content (AvgIpc) is 2.70. The Morgan fingerprint density at radius 2 is 2.29 bits per heavy atom. The molecule has 1 aromatic heterocycles. The van der Waals surface area contributed by atoms with Crippen LogP contribution in [0.15, 0.2) is 23.0 Å². The van der Waals surface area contributed by atoms with Crippen molar-refractivity contribution >= 4 is 0 Å². The lowest BCUT2D eigenvalue weighted by Gasteiger charge is -2.11. The zero-order valence-electron chi connectivity index (χ0n) is 8.70. The molecule has 2 N–H and O–H groups in total. The maximum absolute atomic E-state index is 8.59. The number of nitrogens with one attached hydrogen (secondary N) is 1. The van der Waals surface area contributed by atoms with Crippen LogP contribution in [0, 0.1) is 0 Å². The molecule has 1 heterocycles. The SMILES string of the molecule is CC(NCCCCCO)c1ccoc1. The second kappa shape index (κ2) is 6.62. The highest BCUT2D eigenvalue weighted by molar-refractivity contribution is 5.09. The molecule has 0 bridgehead atoms. The molecule has 14 heavy (non-hydrogen) atoms. The second-order valence-electron chi connectivity index (χ2n) is 3.52. The summed E-state index contributed by atoms with van der Waals surface area (Å²) in [6, 6.07) is 2.33. The third-order valence-corrected chi connectivity index (χ3v) is 2.33. The van der Waals surface area contributed by atoms with Crippen molar-refractivity contribution < 1.29 is 9.52 Å². The summed E-state index contributed by atoms with van der Waals surface area (Å²) in [7, 11) is 0. The lowest BCUT2D eigenvalue weighted by molar-refractivity contribution is 0.282. The van der Waals surface area contributed by atoms with E-state index in [0.29, 0.717) is 12.6 Å². The van der Waals surface area contributed by atoms with Gasteiger partial charge in [-0.1, -0.05) is 0 Å². The molecule has 0 aliphatic heterocycles. The molecule has 0 aliphatic rings. The van der Waals surface area contributed by atoms with Crippen LogP contribution in [0.3, 0.4) is 0 Å². The first-order chi connectivity index (χ1) is 6.84. The first kappa shape index (κ1) is 11.3. The quantitative estimate of drug-likeness (QED) is 0.658. The van der Waals surface area contributed by atoms with Crippen LogP contribution in [0.2, 0.25) is 0 Å². The van der Waals surface area contributed by atoms with E-state index in [1.54, 1.807) is 12.5 Å². The van der Waals surface area contributed by atoms with Crippen molar-refractivity contribution in [2.45, 2.75) is 32.2 Å². The summed E-state index contributed by atoms with van der Waals surface area (Å²) in [5, 5.41) is 12.0. The van der Waals surface area contributed by atoms with E-state index < -0.39 is 0 Å². The van der Waals surface area contributed by atoms with E-state index in [2.05, 4.69) is 12.2 Å². The van der Waals surface area contributed by atoms with Gasteiger partial charge in [-0.15, -0.1) is 0 Å². The minimum atomic E-state index is 0.303. The molecule has 0 saturated heterocycles. The fourth-order valence-electron chi connectivity index (χ4n) is 1.37. The Morgan fingerprint density at radius 3 is 2.93 bits per heavy atom. The fraction of sp³-hybridized carbons (Fsp3) is 0.636. The van der Waals surface area contributed by atoms with E-state index in [1.807, 2.05) is 6.07 Å². The Kier molecular flexibility index (Phi) is 5.33. The number of rotatable bonds is 7. The number of hydrogen-bond donors (Lipinski definition) is 2. The largest absolute Gasteiger partial charge is 0.472 e. The number of aliphatic hydroxyl groups is 1. The molecule has 0 spiro atoms. The Labute approximate surface area is 85.1 Å². The minimum absolute atomic E-state index is 0.303. The van der Waals surface area contributed by atoms with Gasteiger partial charge in [0.1, 0.15) is 0 Å². The van der Waals surface area contributed by atoms with Crippen molar-refractivity contribution in [3.63, 3.8) is 0 Å². The maximum atomic E-state index is 8.59. The van der Waals surface area contributed by atoms with Gasteiger partial charge < -0.3 is 14.8 Å². The van der Waals surface area contributed by atoms with E-state index in [1.165, 1.54) is 5.56 Å². The topological polar surface area (TPSA) is 45.4 Å². The number of aliphatic hydroxyl groups excluding tert-OH is 1. The molecule has 3 nitrogen and oxygen atoms in total. The minimum Gasteiger partial charge on any atom is -0.472 e. The molecule has 0 aliphatic carbocycles. The molecule has 1 rings (SSSR count). The van der Waals surface area contributed by atoms with E-state index in [4.69, 9.17) is 9.52 Å². The highest BCUT2D eigenvalue weighted by Crippen LogP contribution is 2.11. The third kappa shape index (κ3) is 3.94. The van der Waals surface area contributed by atoms with Gasteiger partial charge in [0.25, 0.3) is 0 Å². The zero-order chi connectivity index (χ0) is 10.2. The van der Waals surface area contributed by atoms with Crippen molar-refractivity contribution in [1.29, 1.82) is 0 Å². The fourth-order valence-corrected chi connectivity index (χ4v) is 1.37. The van der Waals surface area contributed by atoms with Crippen LogP contribution >= 0.6 is 0 Å². The molecule has 0 saturated carbocycles. The maximum Gasteiger partial charge on any atom is 0.0950 e. The number of hydrogen-bond acceptors (Lipinski definition) is 3. The molecule has 1 atom stereocenters. The van der Waals surface area contributed by atoms with Gasteiger partial charge in [0.05, 0.1) is 12.5 Å². The number of unbranched alkanes of at least 4 members (excludes halogenated alkanes) is 2. The first-order valence-electron chi connectivity index (χ1n) is 5.21. The van der Waals surface area contributed by atoms with Gasteiger partial charge >= 0.3 is 0 Å². The van der Waals surface area contributed by atoms with Gasteiger partial charge in [-0.25, -0.2) is 0 Å². The predicted molar refractivity (Wildman–Crippen MR) is 56.1 cm³/mol. The predicted octanol–water partition coefficient (Wildman–Crippen LogP) is 2.09. The summed E-state index contributed by atoms with van der Waals surface area (Å²) < 4.78 is 5.01. The summed E-state index contributed by atoms with van der Waals surface area (Å²) in [4.78, 5) is 0. The monoisotopic (exact) mass is 197 g/mol. The van der Waals surface area contributed by atoms with E-state index >= 15 is 0 Å². The Bertz CT molecular complexity index is 221. The molecular weight excluding hydrogens is 178 g/mol. The van der Waals surface area contributed by atoms with Gasteiger partial charge in [0.15, 0.2) is 0 Å². The van der Waals surface area contributed by atoms with Gasteiger partial charge in [-0.05, 0) is 38.8 Å². The lowest BCUT2D eigenvalue weighted by atomic mass is 10.1. The van der Waals surface area contributed by atoms with E-state index in [0.717, 1.165) is 25.8 Å². The summed E-state index contributed by atoms with van der Waals surface area (Å²) in [5.74, 6) is 0. The average molecular weight is 197 g/mol. The van der Waals surface area contributed by atoms with Gasteiger partial charge in [-0.2, -0.15) is 0 Å². The van der Waals surface area contributed by atoms with Crippen molar-refractivity contribution in [1.82, 2.24) is 5.32 Å². The van der Waals surface area contributed by atoms with Gasteiger partial charge in [0.2, 0.25) is 0 Å². The normalized spacial score (nSPS) is 13.0. The van der Waals surface area contributed by atoms with Crippen LogP contribution in [-0.2, 0) is 0 Å². The zero-order valence-corrected chi connectivity index (χ0v) is 8.70. The van der Waals surface area contributed by atoms with Crippen LogP contribution in [0.1, 0.15) is 37.8 Å². The first-order valence-corrected chi connectivity index (χ1v) is 5.21. The molecule has 0 fully saturated rings. The van der Waals surface area contributed by atoms with Crippen LogP contribution in [0.25, 0.3) is 0 Å². The van der Waals surface area contributed by atoms with Crippen molar-refractivity contribution in [3.05, 3.63) is 24.2 Å². The van der Waals surface area contributed by atoms with Crippen LogP contribution < -0.4 is 5.32 Å². The number of furan rings is 1. The van der Waals surface area contributed by atoms with Gasteiger partial charge in [0, 0.05) is 18.2 Å². The molecular formula is C11H19NO2. The lowest BCUT2D eigenvalue weighted by Crippen LogP contribution is -2.19. The van der Waals surface area contributed by atoms with Crippen molar-refractivity contribution in [3.8, 4) is 0 Å².